The highest BCUT2D eigenvalue weighted by molar-refractivity contribution is 5.83. The highest BCUT2D eigenvalue weighted by Gasteiger charge is 2.18. The third-order valence-electron chi connectivity index (χ3n) is 5.14. The molecule has 0 amide bonds. The molecule has 10 heteroatoms. The first-order valence-electron chi connectivity index (χ1n) is 9.29. The Labute approximate surface area is 173 Å². The number of hydrogen-bond acceptors (Lipinski definition) is 5. The zero-order valence-corrected chi connectivity index (χ0v) is 16.5. The maximum atomic E-state index is 14.3. The second-order valence-corrected chi connectivity index (χ2v) is 6.92. The minimum absolute atomic E-state index is 0.00758. The van der Waals surface area contributed by atoms with Crippen molar-refractivity contribution in [1.82, 2.24) is 29.1 Å². The minimum atomic E-state index is -1.50. The Hall–Kier alpha value is -3.95. The summed E-state index contributed by atoms with van der Waals surface area (Å²) in [5.41, 5.74) is 3.11. The average molecular weight is 424 g/mol. The van der Waals surface area contributed by atoms with Gasteiger partial charge < -0.3 is 13.9 Å². The predicted octanol–water partition coefficient (Wildman–Crippen LogP) is 3.95. The van der Waals surface area contributed by atoms with E-state index < -0.39 is 17.5 Å². The van der Waals surface area contributed by atoms with E-state index in [-0.39, 0.29) is 12.1 Å². The van der Waals surface area contributed by atoms with Crippen LogP contribution in [0, 0.1) is 24.4 Å². The van der Waals surface area contributed by atoms with Crippen LogP contribution < -0.4 is 4.74 Å². The summed E-state index contributed by atoms with van der Waals surface area (Å²) in [5, 5.41) is 0. The van der Waals surface area contributed by atoms with Gasteiger partial charge in [-0.05, 0) is 25.1 Å². The van der Waals surface area contributed by atoms with E-state index in [0.29, 0.717) is 39.6 Å². The van der Waals surface area contributed by atoms with Crippen LogP contribution in [0.15, 0.2) is 43.0 Å². The fraction of sp³-hybridized carbons (Fsp3) is 0.143. The van der Waals surface area contributed by atoms with Crippen molar-refractivity contribution < 1.29 is 17.9 Å². The number of fused-ring (bicyclic) bond motifs is 2. The number of pyridine rings is 1. The maximum absolute atomic E-state index is 14.3. The molecule has 5 rings (SSSR count). The number of hydrogen-bond donors (Lipinski definition) is 0. The monoisotopic (exact) mass is 424 g/mol. The van der Waals surface area contributed by atoms with Crippen LogP contribution in [0.25, 0.3) is 27.9 Å². The normalized spacial score (nSPS) is 11.5. The third-order valence-corrected chi connectivity index (χ3v) is 5.14. The molecule has 0 aliphatic heterocycles. The first-order chi connectivity index (χ1) is 15.0. The molecule has 0 bridgehead atoms. The van der Waals surface area contributed by atoms with E-state index in [1.165, 1.54) is 19.5 Å². The molecule has 0 saturated carbocycles. The Kier molecular flexibility index (Phi) is 4.35. The maximum Gasteiger partial charge on any atom is 0.241 e. The number of ether oxygens (including phenoxy) is 1. The second kappa shape index (κ2) is 7.08. The Balaban J connectivity index is 1.66. The summed E-state index contributed by atoms with van der Waals surface area (Å²) in [6.45, 7) is 1.70. The van der Waals surface area contributed by atoms with Crippen molar-refractivity contribution >= 4 is 22.2 Å². The van der Waals surface area contributed by atoms with E-state index in [9.17, 15) is 13.2 Å². The van der Waals surface area contributed by atoms with Crippen LogP contribution in [0.1, 0.15) is 11.4 Å². The minimum Gasteiger partial charge on any atom is -0.479 e. The molecule has 0 spiro atoms. The van der Waals surface area contributed by atoms with Gasteiger partial charge in [-0.2, -0.15) is 4.98 Å². The van der Waals surface area contributed by atoms with E-state index in [0.717, 1.165) is 6.07 Å². The lowest BCUT2D eigenvalue weighted by Crippen LogP contribution is -2.06. The number of aryl methyl sites for hydroxylation is 1. The van der Waals surface area contributed by atoms with Gasteiger partial charge in [0.2, 0.25) is 5.88 Å². The number of nitrogens with zero attached hydrogens (tertiary/aromatic N) is 6. The standard InChI is InChI=1S/C21H15F3N6O/c1-11-28-20-16(30(11)9-12-3-4-14(22)18(24)17(12)23)7-13(8-25-20)29-6-5-15-19(29)21(31-2)27-10-26-15/h3-8,10H,9H2,1-2H3. The average Bonchev–Trinajstić information content (AvgIpc) is 3.34. The van der Waals surface area contributed by atoms with Crippen molar-refractivity contribution in [3.8, 4) is 11.6 Å². The molecule has 1 aromatic carbocycles. The van der Waals surface area contributed by atoms with Crippen LogP contribution in [0.4, 0.5) is 13.2 Å². The lowest BCUT2D eigenvalue weighted by atomic mass is 10.2. The molecule has 4 heterocycles. The molecule has 0 unspecified atom stereocenters. The highest BCUT2D eigenvalue weighted by Crippen LogP contribution is 2.27. The van der Waals surface area contributed by atoms with E-state index in [1.807, 2.05) is 22.9 Å². The number of aromatic nitrogens is 6. The molecule has 0 radical (unpaired) electrons. The van der Waals surface area contributed by atoms with Crippen molar-refractivity contribution in [3.63, 3.8) is 0 Å². The number of benzene rings is 1. The summed E-state index contributed by atoms with van der Waals surface area (Å²) in [6, 6.07) is 5.77. The molecular formula is C21H15F3N6O. The second-order valence-electron chi connectivity index (χ2n) is 6.92. The quantitative estimate of drug-likeness (QED) is 0.409. The molecule has 0 aliphatic rings. The number of methoxy groups -OCH3 is 1. The first kappa shape index (κ1) is 19.0. The molecular weight excluding hydrogens is 409 g/mol. The molecule has 0 N–H and O–H groups in total. The summed E-state index contributed by atoms with van der Waals surface area (Å²) >= 11 is 0. The van der Waals surface area contributed by atoms with Crippen molar-refractivity contribution in [1.29, 1.82) is 0 Å². The van der Waals surface area contributed by atoms with Crippen LogP contribution >= 0.6 is 0 Å². The Morgan fingerprint density at radius 3 is 2.68 bits per heavy atom. The molecule has 4 aromatic heterocycles. The Bertz CT molecular complexity index is 1460. The molecule has 0 atom stereocenters. The predicted molar refractivity (Wildman–Crippen MR) is 107 cm³/mol. The summed E-state index contributed by atoms with van der Waals surface area (Å²) < 4.78 is 50.1. The molecule has 0 fully saturated rings. The van der Waals surface area contributed by atoms with E-state index in [2.05, 4.69) is 19.9 Å². The fourth-order valence-corrected chi connectivity index (χ4v) is 3.61. The number of halogens is 3. The Morgan fingerprint density at radius 2 is 1.87 bits per heavy atom. The van der Waals surface area contributed by atoms with Crippen molar-refractivity contribution in [2.24, 2.45) is 0 Å². The largest absolute Gasteiger partial charge is 0.479 e. The summed E-state index contributed by atoms with van der Waals surface area (Å²) in [7, 11) is 1.52. The zero-order chi connectivity index (χ0) is 21.7. The van der Waals surface area contributed by atoms with Crippen molar-refractivity contribution in [2.45, 2.75) is 13.5 Å². The molecule has 7 nitrogen and oxygen atoms in total. The van der Waals surface area contributed by atoms with Gasteiger partial charge in [0.15, 0.2) is 23.1 Å². The lowest BCUT2D eigenvalue weighted by molar-refractivity contribution is 0.401. The SMILES string of the molecule is COc1ncnc2ccn(-c3cnc4nc(C)n(Cc5ccc(F)c(F)c5F)c4c3)c12. The number of imidazole rings is 1. The van der Waals surface area contributed by atoms with Crippen molar-refractivity contribution in [3.05, 3.63) is 71.8 Å². The number of rotatable bonds is 4. The van der Waals surface area contributed by atoms with Crippen LogP contribution in [0.2, 0.25) is 0 Å². The first-order valence-corrected chi connectivity index (χ1v) is 9.29. The van der Waals surface area contributed by atoms with Gasteiger partial charge in [-0.3, -0.25) is 0 Å². The van der Waals surface area contributed by atoms with Gasteiger partial charge >= 0.3 is 0 Å². The Morgan fingerprint density at radius 1 is 1.03 bits per heavy atom. The molecule has 5 aromatic rings. The van der Waals surface area contributed by atoms with Crippen LogP contribution in [-0.4, -0.2) is 36.2 Å². The van der Waals surface area contributed by atoms with Gasteiger partial charge in [0.05, 0.1) is 36.6 Å². The van der Waals surface area contributed by atoms with Gasteiger partial charge in [-0.15, -0.1) is 0 Å². The smallest absolute Gasteiger partial charge is 0.241 e. The van der Waals surface area contributed by atoms with Gasteiger partial charge in [-0.25, -0.2) is 28.1 Å². The van der Waals surface area contributed by atoms with Gasteiger partial charge in [0.1, 0.15) is 17.7 Å². The summed E-state index contributed by atoms with van der Waals surface area (Å²) in [6.07, 6.45) is 4.87. The van der Waals surface area contributed by atoms with Crippen LogP contribution in [-0.2, 0) is 6.54 Å². The third kappa shape index (κ3) is 2.98. The molecule has 0 aliphatic carbocycles. The van der Waals surface area contributed by atoms with Crippen molar-refractivity contribution in [2.75, 3.05) is 7.11 Å². The van der Waals surface area contributed by atoms with Crippen LogP contribution in [0.5, 0.6) is 5.88 Å². The van der Waals surface area contributed by atoms with Gasteiger partial charge in [-0.1, -0.05) is 6.07 Å². The van der Waals surface area contributed by atoms with E-state index >= 15 is 0 Å². The molecule has 0 saturated heterocycles. The van der Waals surface area contributed by atoms with E-state index in [4.69, 9.17) is 4.74 Å². The summed E-state index contributed by atoms with van der Waals surface area (Å²) in [4.78, 5) is 17.2. The van der Waals surface area contributed by atoms with Crippen LogP contribution in [0.3, 0.4) is 0 Å². The topological polar surface area (TPSA) is 70.7 Å². The zero-order valence-electron chi connectivity index (χ0n) is 16.5. The van der Waals surface area contributed by atoms with E-state index in [1.54, 1.807) is 17.7 Å². The molecule has 31 heavy (non-hydrogen) atoms. The van der Waals surface area contributed by atoms with Gasteiger partial charge in [0, 0.05) is 11.8 Å². The molecule has 156 valence electrons. The summed E-state index contributed by atoms with van der Waals surface area (Å²) in [5.74, 6) is -2.98. The highest BCUT2D eigenvalue weighted by atomic mass is 19.2. The lowest BCUT2D eigenvalue weighted by Gasteiger charge is -2.11. The fourth-order valence-electron chi connectivity index (χ4n) is 3.61. The van der Waals surface area contributed by atoms with Gasteiger partial charge in [0.25, 0.3) is 0 Å².